The lowest BCUT2D eigenvalue weighted by molar-refractivity contribution is 0.0899. The monoisotopic (exact) mass is 337 g/mol. The Morgan fingerprint density at radius 3 is 2.29 bits per heavy atom. The number of unbranched alkanes of at least 4 members (excludes halogenated alkanes) is 3. The smallest absolute Gasteiger partial charge is 0.314 e. The van der Waals surface area contributed by atoms with Crippen molar-refractivity contribution in [2.75, 3.05) is 26.7 Å². The third-order valence-electron chi connectivity index (χ3n) is 4.02. The summed E-state index contributed by atoms with van der Waals surface area (Å²) in [5.74, 6) is 0. The standard InChI is InChI=1S/C18H31N3O3/c1-14-7-9-15(10-8-14)17(23)16(13-22)20-11-5-3-4-6-12-21-18(24)19-2/h7-10,16-17,20,22-23H,3-6,11-13H2,1-2H3,(H2,19,21,24)/t16-,17-/m1/s1. The van der Waals surface area contributed by atoms with Gasteiger partial charge in [0.2, 0.25) is 0 Å². The lowest BCUT2D eigenvalue weighted by atomic mass is 10.0. The highest BCUT2D eigenvalue weighted by Gasteiger charge is 2.19. The number of benzene rings is 1. The predicted molar refractivity (Wildman–Crippen MR) is 95.9 cm³/mol. The van der Waals surface area contributed by atoms with Gasteiger partial charge < -0.3 is 26.2 Å². The van der Waals surface area contributed by atoms with E-state index >= 15 is 0 Å². The van der Waals surface area contributed by atoms with Crippen molar-refractivity contribution >= 4 is 6.03 Å². The Balaban J connectivity index is 2.17. The van der Waals surface area contributed by atoms with E-state index in [9.17, 15) is 15.0 Å². The second kappa shape index (κ2) is 11.8. The predicted octanol–water partition coefficient (Wildman–Crippen LogP) is 1.47. The van der Waals surface area contributed by atoms with Crippen LogP contribution in [-0.2, 0) is 0 Å². The van der Waals surface area contributed by atoms with E-state index in [0.29, 0.717) is 6.54 Å². The number of aliphatic hydroxyl groups is 2. The van der Waals surface area contributed by atoms with E-state index in [2.05, 4.69) is 16.0 Å². The van der Waals surface area contributed by atoms with E-state index in [0.717, 1.165) is 43.4 Å². The minimum Gasteiger partial charge on any atom is -0.395 e. The largest absolute Gasteiger partial charge is 0.395 e. The molecule has 0 heterocycles. The van der Waals surface area contributed by atoms with Crippen molar-refractivity contribution in [1.82, 2.24) is 16.0 Å². The first-order valence-electron chi connectivity index (χ1n) is 8.63. The van der Waals surface area contributed by atoms with Crippen molar-refractivity contribution in [2.45, 2.75) is 44.8 Å². The number of nitrogens with one attached hydrogen (secondary N) is 3. The molecule has 24 heavy (non-hydrogen) atoms. The molecule has 1 aromatic rings. The van der Waals surface area contributed by atoms with Gasteiger partial charge in [-0.2, -0.15) is 0 Å². The van der Waals surface area contributed by atoms with Crippen LogP contribution < -0.4 is 16.0 Å². The van der Waals surface area contributed by atoms with Gasteiger partial charge in [-0.15, -0.1) is 0 Å². The summed E-state index contributed by atoms with van der Waals surface area (Å²) in [6.07, 6.45) is 3.28. The van der Waals surface area contributed by atoms with Gasteiger partial charge in [-0.3, -0.25) is 0 Å². The van der Waals surface area contributed by atoms with Gasteiger partial charge in [0.05, 0.1) is 18.8 Å². The second-order valence-corrected chi connectivity index (χ2v) is 6.02. The van der Waals surface area contributed by atoms with Crippen molar-refractivity contribution in [1.29, 1.82) is 0 Å². The number of carbonyl (C=O) groups is 1. The molecular weight excluding hydrogens is 306 g/mol. The molecule has 1 rings (SSSR count). The summed E-state index contributed by atoms with van der Waals surface area (Å²) in [6.45, 7) is 3.32. The molecule has 0 unspecified atom stereocenters. The Morgan fingerprint density at radius 1 is 1.08 bits per heavy atom. The molecule has 0 spiro atoms. The van der Waals surface area contributed by atoms with Crippen molar-refractivity contribution in [3.05, 3.63) is 35.4 Å². The third kappa shape index (κ3) is 7.77. The lowest BCUT2D eigenvalue weighted by Gasteiger charge is -2.23. The molecule has 0 aromatic heterocycles. The first-order chi connectivity index (χ1) is 11.6. The topological polar surface area (TPSA) is 93.6 Å². The van der Waals surface area contributed by atoms with Gasteiger partial charge in [-0.1, -0.05) is 42.7 Å². The summed E-state index contributed by atoms with van der Waals surface area (Å²) >= 11 is 0. The zero-order valence-electron chi connectivity index (χ0n) is 14.7. The normalized spacial score (nSPS) is 13.3. The van der Waals surface area contributed by atoms with Crippen molar-refractivity contribution < 1.29 is 15.0 Å². The van der Waals surface area contributed by atoms with Crippen molar-refractivity contribution in [3.8, 4) is 0 Å². The van der Waals surface area contributed by atoms with E-state index in [1.165, 1.54) is 0 Å². The number of aryl methyl sites for hydroxylation is 1. The zero-order chi connectivity index (χ0) is 17.8. The van der Waals surface area contributed by atoms with Gasteiger partial charge in [0.1, 0.15) is 0 Å². The summed E-state index contributed by atoms with van der Waals surface area (Å²) in [7, 11) is 1.60. The van der Waals surface area contributed by atoms with Crippen LogP contribution in [0.5, 0.6) is 0 Å². The van der Waals surface area contributed by atoms with Gasteiger partial charge in [-0.25, -0.2) is 4.79 Å². The number of urea groups is 1. The molecule has 5 N–H and O–H groups in total. The highest BCUT2D eigenvalue weighted by atomic mass is 16.3. The van der Waals surface area contributed by atoms with Crippen LogP contribution >= 0.6 is 0 Å². The molecule has 0 bridgehead atoms. The van der Waals surface area contributed by atoms with Crippen LogP contribution in [0.3, 0.4) is 0 Å². The van der Waals surface area contributed by atoms with Crippen LogP contribution in [-0.4, -0.2) is 49.0 Å². The first kappa shape index (κ1) is 20.4. The molecule has 6 heteroatoms. The van der Waals surface area contributed by atoms with Crippen LogP contribution in [0, 0.1) is 6.92 Å². The fourth-order valence-corrected chi connectivity index (χ4v) is 2.45. The summed E-state index contributed by atoms with van der Waals surface area (Å²) in [6, 6.07) is 7.20. The fourth-order valence-electron chi connectivity index (χ4n) is 2.45. The molecule has 0 fully saturated rings. The van der Waals surface area contributed by atoms with Crippen LogP contribution in [0.1, 0.15) is 42.9 Å². The number of rotatable bonds is 11. The Hall–Kier alpha value is -1.63. The maximum absolute atomic E-state index is 11.0. The second-order valence-electron chi connectivity index (χ2n) is 6.02. The molecule has 0 saturated heterocycles. The highest BCUT2D eigenvalue weighted by Crippen LogP contribution is 2.17. The van der Waals surface area contributed by atoms with E-state index in [4.69, 9.17) is 0 Å². The molecule has 0 aliphatic carbocycles. The van der Waals surface area contributed by atoms with Gasteiger partial charge >= 0.3 is 6.03 Å². The van der Waals surface area contributed by atoms with E-state index < -0.39 is 6.10 Å². The Morgan fingerprint density at radius 2 is 1.71 bits per heavy atom. The SMILES string of the molecule is CNC(=O)NCCCCCCN[C@H](CO)[C@H](O)c1ccc(C)cc1. The maximum atomic E-state index is 11.0. The average Bonchev–Trinajstić information content (AvgIpc) is 2.60. The molecular formula is C18H31N3O3. The minimum atomic E-state index is -0.715. The summed E-state index contributed by atoms with van der Waals surface area (Å²) < 4.78 is 0. The number of amides is 2. The van der Waals surface area contributed by atoms with Crippen LogP contribution in [0.15, 0.2) is 24.3 Å². The van der Waals surface area contributed by atoms with Gasteiger partial charge in [0.25, 0.3) is 0 Å². The molecule has 6 nitrogen and oxygen atoms in total. The molecule has 0 aliphatic heterocycles. The maximum Gasteiger partial charge on any atom is 0.314 e. The number of aliphatic hydroxyl groups excluding tert-OH is 2. The third-order valence-corrected chi connectivity index (χ3v) is 4.02. The molecule has 2 atom stereocenters. The highest BCUT2D eigenvalue weighted by molar-refractivity contribution is 5.73. The van der Waals surface area contributed by atoms with Crippen molar-refractivity contribution in [2.24, 2.45) is 0 Å². The fraction of sp³-hybridized carbons (Fsp3) is 0.611. The molecule has 2 amide bonds. The Bertz CT molecular complexity index is 465. The van der Waals surface area contributed by atoms with E-state index in [1.54, 1.807) is 7.05 Å². The molecule has 136 valence electrons. The average molecular weight is 337 g/mol. The molecule has 1 aromatic carbocycles. The first-order valence-corrected chi connectivity index (χ1v) is 8.63. The Labute approximate surface area is 144 Å². The van der Waals surface area contributed by atoms with E-state index in [-0.39, 0.29) is 18.7 Å². The van der Waals surface area contributed by atoms with Crippen LogP contribution in [0.25, 0.3) is 0 Å². The molecule has 0 saturated carbocycles. The minimum absolute atomic E-state index is 0.106. The summed E-state index contributed by atoms with van der Waals surface area (Å²) in [4.78, 5) is 11.0. The number of hydrogen-bond acceptors (Lipinski definition) is 4. The Kier molecular flexibility index (Phi) is 10.1. The molecule has 0 radical (unpaired) electrons. The van der Waals surface area contributed by atoms with Gasteiger partial charge in [0, 0.05) is 13.6 Å². The van der Waals surface area contributed by atoms with Gasteiger partial charge in [-0.05, 0) is 31.9 Å². The lowest BCUT2D eigenvalue weighted by Crippen LogP contribution is -2.38. The summed E-state index contributed by atoms with van der Waals surface area (Å²) in [5, 5.41) is 28.3. The number of carbonyl (C=O) groups excluding carboxylic acids is 1. The van der Waals surface area contributed by atoms with Crippen molar-refractivity contribution in [3.63, 3.8) is 0 Å². The summed E-state index contributed by atoms with van der Waals surface area (Å²) in [5.41, 5.74) is 1.96. The van der Waals surface area contributed by atoms with E-state index in [1.807, 2.05) is 31.2 Å². The zero-order valence-corrected chi connectivity index (χ0v) is 14.7. The number of hydrogen-bond donors (Lipinski definition) is 5. The van der Waals surface area contributed by atoms with Crippen LogP contribution in [0.2, 0.25) is 0 Å². The quantitative estimate of drug-likeness (QED) is 0.395. The van der Waals surface area contributed by atoms with Crippen LogP contribution in [0.4, 0.5) is 4.79 Å². The van der Waals surface area contributed by atoms with Gasteiger partial charge in [0.15, 0.2) is 0 Å². The molecule has 0 aliphatic rings.